The first-order valence-electron chi connectivity index (χ1n) is 4.93. The molecule has 0 aromatic heterocycles. The monoisotopic (exact) mass is 232 g/mol. The van der Waals surface area contributed by atoms with Gasteiger partial charge in [0.25, 0.3) is 0 Å². The molecule has 0 aromatic rings. The van der Waals surface area contributed by atoms with Crippen molar-refractivity contribution in [1.29, 1.82) is 0 Å². The minimum atomic E-state index is -1.90. The van der Waals surface area contributed by atoms with Gasteiger partial charge < -0.3 is 4.74 Å². The molecule has 0 heterocycles. The Morgan fingerprint density at radius 1 is 1.27 bits per heavy atom. The molecule has 0 spiro atoms. The molecule has 0 saturated heterocycles. The van der Waals surface area contributed by atoms with E-state index in [9.17, 15) is 9.59 Å². The summed E-state index contributed by atoms with van der Waals surface area (Å²) in [7, 11) is -0.343. The number of nitrogens with zero attached hydrogens (tertiary/aromatic N) is 2. The first kappa shape index (κ1) is 14.0. The maximum absolute atomic E-state index is 11.5. The van der Waals surface area contributed by atoms with Crippen molar-refractivity contribution in [3.63, 3.8) is 0 Å². The first-order chi connectivity index (χ1) is 6.71. The molecular weight excluding hydrogens is 212 g/mol. The van der Waals surface area contributed by atoms with Crippen LogP contribution in [0.4, 0.5) is 4.79 Å². The highest BCUT2D eigenvalue weighted by Crippen LogP contribution is 2.13. The Labute approximate surface area is 92.0 Å². The van der Waals surface area contributed by atoms with Gasteiger partial charge in [0.1, 0.15) is 0 Å². The number of carbonyl (C=O) groups is 2. The third-order valence-corrected chi connectivity index (χ3v) is 3.65. The van der Waals surface area contributed by atoms with Crippen molar-refractivity contribution in [1.82, 2.24) is 9.68 Å². The van der Waals surface area contributed by atoms with Gasteiger partial charge in [-0.15, -0.1) is 0 Å². The van der Waals surface area contributed by atoms with Gasteiger partial charge in [0, 0.05) is 14.0 Å². The molecule has 88 valence electrons. The summed E-state index contributed by atoms with van der Waals surface area (Å²) in [6.07, 6.45) is -0.491. The molecule has 0 N–H and O–H groups in total. The Morgan fingerprint density at radius 2 is 1.73 bits per heavy atom. The zero-order valence-electron chi connectivity index (χ0n) is 10.3. The molecule has 0 aliphatic heterocycles. The standard InChI is InChI=1S/C9H20N2O3Si/c1-7-14-9(13)10(3)11(8(2)12)15(4,5)6/h7H2,1-6H3. The summed E-state index contributed by atoms with van der Waals surface area (Å²) in [5.74, 6) is -0.135. The molecule has 6 heteroatoms. The summed E-state index contributed by atoms with van der Waals surface area (Å²) in [5, 5.41) is 1.26. The van der Waals surface area contributed by atoms with Crippen LogP contribution in [0.3, 0.4) is 0 Å². The molecule has 5 nitrogen and oxygen atoms in total. The van der Waals surface area contributed by atoms with Gasteiger partial charge in [-0.25, -0.2) is 9.80 Å². The normalized spacial score (nSPS) is 10.8. The molecule has 0 saturated carbocycles. The number of amides is 2. The predicted molar refractivity (Wildman–Crippen MR) is 60.7 cm³/mol. The van der Waals surface area contributed by atoms with Crippen LogP contribution in [-0.2, 0) is 9.53 Å². The van der Waals surface area contributed by atoms with E-state index < -0.39 is 14.3 Å². The lowest BCUT2D eigenvalue weighted by atomic mass is 10.7. The van der Waals surface area contributed by atoms with Gasteiger partial charge in [0.05, 0.1) is 6.61 Å². The second-order valence-corrected chi connectivity index (χ2v) is 8.99. The first-order valence-corrected chi connectivity index (χ1v) is 8.37. The van der Waals surface area contributed by atoms with Gasteiger partial charge in [-0.2, -0.15) is 0 Å². The zero-order chi connectivity index (χ0) is 12.2. The van der Waals surface area contributed by atoms with Crippen LogP contribution in [0.2, 0.25) is 19.6 Å². The Balaban J connectivity index is 4.79. The summed E-state index contributed by atoms with van der Waals surface area (Å²) in [6, 6.07) is 0. The van der Waals surface area contributed by atoms with E-state index in [-0.39, 0.29) is 5.91 Å². The number of hydrazine groups is 1. The highest BCUT2D eigenvalue weighted by Gasteiger charge is 2.32. The van der Waals surface area contributed by atoms with Crippen molar-refractivity contribution < 1.29 is 14.3 Å². The number of ether oxygens (including phenoxy) is 1. The van der Waals surface area contributed by atoms with Crippen molar-refractivity contribution >= 4 is 20.2 Å². The fraction of sp³-hybridized carbons (Fsp3) is 0.778. The second-order valence-electron chi connectivity index (χ2n) is 4.22. The summed E-state index contributed by atoms with van der Waals surface area (Å²) >= 11 is 0. The van der Waals surface area contributed by atoms with Crippen LogP contribution in [0.15, 0.2) is 0 Å². The Morgan fingerprint density at radius 3 is 2.00 bits per heavy atom. The summed E-state index contributed by atoms with van der Waals surface area (Å²) in [6.45, 7) is 9.46. The summed E-state index contributed by atoms with van der Waals surface area (Å²) in [4.78, 5) is 22.9. The third-order valence-electron chi connectivity index (χ3n) is 1.77. The number of hydrogen-bond acceptors (Lipinski definition) is 3. The molecule has 0 atom stereocenters. The van der Waals surface area contributed by atoms with E-state index in [1.54, 1.807) is 14.0 Å². The van der Waals surface area contributed by atoms with Crippen molar-refractivity contribution in [2.45, 2.75) is 33.5 Å². The Hall–Kier alpha value is -1.04. The lowest BCUT2D eigenvalue weighted by molar-refractivity contribution is -0.133. The van der Waals surface area contributed by atoms with Gasteiger partial charge in [0.2, 0.25) is 5.91 Å². The van der Waals surface area contributed by atoms with Crippen LogP contribution in [0.1, 0.15) is 13.8 Å². The van der Waals surface area contributed by atoms with Crippen LogP contribution in [-0.4, -0.2) is 43.6 Å². The average Bonchev–Trinajstić information content (AvgIpc) is 2.00. The summed E-state index contributed by atoms with van der Waals surface area (Å²) < 4.78 is 6.35. The van der Waals surface area contributed by atoms with Gasteiger partial charge in [0.15, 0.2) is 8.24 Å². The topological polar surface area (TPSA) is 49.9 Å². The van der Waals surface area contributed by atoms with Crippen molar-refractivity contribution in [3.05, 3.63) is 0 Å². The molecule has 0 rings (SSSR count). The third kappa shape index (κ3) is 3.91. The van der Waals surface area contributed by atoms with Crippen LogP contribution in [0.25, 0.3) is 0 Å². The minimum absolute atomic E-state index is 0.135. The minimum Gasteiger partial charge on any atom is -0.449 e. The predicted octanol–water partition coefficient (Wildman–Crippen LogP) is 1.67. The van der Waals surface area contributed by atoms with E-state index in [1.807, 2.05) is 19.6 Å². The van der Waals surface area contributed by atoms with Gasteiger partial charge in [-0.3, -0.25) is 9.47 Å². The molecular formula is C9H20N2O3Si. The Kier molecular flexibility index (Phi) is 4.80. The van der Waals surface area contributed by atoms with Crippen LogP contribution in [0.5, 0.6) is 0 Å². The molecule has 0 aliphatic rings. The molecule has 0 fully saturated rings. The highest BCUT2D eigenvalue weighted by atomic mass is 28.3. The van der Waals surface area contributed by atoms with Gasteiger partial charge in [-0.05, 0) is 26.6 Å². The number of rotatable bonds is 2. The van der Waals surface area contributed by atoms with Crippen LogP contribution in [0, 0.1) is 0 Å². The molecule has 0 bridgehead atoms. The van der Waals surface area contributed by atoms with E-state index >= 15 is 0 Å². The fourth-order valence-corrected chi connectivity index (χ4v) is 3.36. The summed E-state index contributed by atoms with van der Waals surface area (Å²) in [5.41, 5.74) is 0. The maximum Gasteiger partial charge on any atom is 0.427 e. The van der Waals surface area contributed by atoms with E-state index in [0.717, 1.165) is 0 Å². The average molecular weight is 232 g/mol. The van der Waals surface area contributed by atoms with Crippen LogP contribution >= 0.6 is 0 Å². The smallest absolute Gasteiger partial charge is 0.427 e. The lowest BCUT2D eigenvalue weighted by Crippen LogP contribution is -2.58. The molecule has 0 unspecified atom stereocenters. The van der Waals surface area contributed by atoms with Crippen molar-refractivity contribution in [2.75, 3.05) is 13.7 Å². The highest BCUT2D eigenvalue weighted by molar-refractivity contribution is 6.75. The quantitative estimate of drug-likeness (QED) is 0.537. The van der Waals surface area contributed by atoms with E-state index in [0.29, 0.717) is 6.61 Å². The lowest BCUT2D eigenvalue weighted by Gasteiger charge is -2.39. The van der Waals surface area contributed by atoms with E-state index in [1.165, 1.54) is 16.6 Å². The SMILES string of the molecule is CCOC(=O)N(C)N(C(C)=O)[Si](C)(C)C. The molecule has 0 aliphatic carbocycles. The van der Waals surface area contributed by atoms with Crippen molar-refractivity contribution in [3.8, 4) is 0 Å². The van der Waals surface area contributed by atoms with Gasteiger partial charge in [-0.1, -0.05) is 0 Å². The van der Waals surface area contributed by atoms with E-state index in [4.69, 9.17) is 4.74 Å². The molecule has 2 amide bonds. The largest absolute Gasteiger partial charge is 0.449 e. The fourth-order valence-electron chi connectivity index (χ4n) is 1.43. The number of hydrogen-bond donors (Lipinski definition) is 0. The van der Waals surface area contributed by atoms with Gasteiger partial charge >= 0.3 is 6.09 Å². The van der Waals surface area contributed by atoms with Crippen LogP contribution < -0.4 is 0 Å². The van der Waals surface area contributed by atoms with Crippen molar-refractivity contribution in [2.24, 2.45) is 0 Å². The zero-order valence-corrected chi connectivity index (χ0v) is 11.3. The second kappa shape index (κ2) is 5.15. The van der Waals surface area contributed by atoms with E-state index in [2.05, 4.69) is 0 Å². The maximum atomic E-state index is 11.5. The molecule has 0 radical (unpaired) electrons. The molecule has 15 heavy (non-hydrogen) atoms. The Bertz CT molecular complexity index is 250. The number of carbonyl (C=O) groups excluding carboxylic acids is 2. The molecule has 0 aromatic carbocycles.